The summed E-state index contributed by atoms with van der Waals surface area (Å²) in [5, 5.41) is 8.36. The summed E-state index contributed by atoms with van der Waals surface area (Å²) in [6.07, 6.45) is 7.28. The Labute approximate surface area is 125 Å². The molecule has 1 N–H and O–H groups in total. The maximum absolute atomic E-state index is 11.6. The third-order valence-electron chi connectivity index (χ3n) is 3.51. The second kappa shape index (κ2) is 6.92. The van der Waals surface area contributed by atoms with Crippen LogP contribution in [-0.4, -0.2) is 42.7 Å². The van der Waals surface area contributed by atoms with Crippen molar-refractivity contribution in [1.82, 2.24) is 4.98 Å². The molecule has 6 heteroatoms. The average Bonchev–Trinajstić information content (AvgIpc) is 2.45. The minimum absolute atomic E-state index is 0.110. The number of hydrogen-bond donors (Lipinski definition) is 1. The molecule has 21 heavy (non-hydrogen) atoms. The van der Waals surface area contributed by atoms with Crippen molar-refractivity contribution in [3.63, 3.8) is 0 Å². The highest BCUT2D eigenvalue weighted by molar-refractivity contribution is 7.91. The van der Waals surface area contributed by atoms with Crippen molar-refractivity contribution in [2.24, 2.45) is 0 Å². The number of rotatable bonds is 3. The molecule has 0 bridgehead atoms. The zero-order valence-corrected chi connectivity index (χ0v) is 12.8. The predicted molar refractivity (Wildman–Crippen MR) is 79.7 cm³/mol. The predicted octanol–water partition coefficient (Wildman–Crippen LogP) is 1.16. The van der Waals surface area contributed by atoms with Gasteiger partial charge in [-0.3, -0.25) is 4.98 Å². The van der Waals surface area contributed by atoms with Gasteiger partial charge in [-0.25, -0.2) is 8.42 Å². The molecule has 0 saturated heterocycles. The van der Waals surface area contributed by atoms with E-state index in [1.807, 2.05) is 0 Å². The minimum Gasteiger partial charge on any atom is -0.489 e. The lowest BCUT2D eigenvalue weighted by Crippen LogP contribution is -2.33. The lowest BCUT2D eigenvalue weighted by Gasteiger charge is -2.28. The van der Waals surface area contributed by atoms with Crippen LogP contribution in [0.3, 0.4) is 0 Å². The Morgan fingerprint density at radius 3 is 2.95 bits per heavy atom. The van der Waals surface area contributed by atoms with Gasteiger partial charge in [0.15, 0.2) is 0 Å². The SMILES string of the molecule is CS(=O)(=O)C1CCCC(Oc2cncc(C#CCO)c2)C1. The second-order valence-electron chi connectivity index (χ2n) is 5.23. The number of aliphatic hydroxyl groups is 1. The molecule has 1 aliphatic carbocycles. The van der Waals surface area contributed by atoms with E-state index in [0.717, 1.165) is 12.8 Å². The molecule has 114 valence electrons. The van der Waals surface area contributed by atoms with Crippen LogP contribution in [0, 0.1) is 11.8 Å². The first-order chi connectivity index (χ1) is 9.99. The molecule has 1 aliphatic rings. The Kier molecular flexibility index (Phi) is 5.21. The van der Waals surface area contributed by atoms with Gasteiger partial charge in [-0.1, -0.05) is 11.8 Å². The molecule has 0 spiro atoms. The molecular formula is C15H19NO4S. The van der Waals surface area contributed by atoms with Crippen LogP contribution in [0.25, 0.3) is 0 Å². The van der Waals surface area contributed by atoms with Crippen LogP contribution in [0.2, 0.25) is 0 Å². The van der Waals surface area contributed by atoms with Gasteiger partial charge in [-0.15, -0.1) is 0 Å². The second-order valence-corrected chi connectivity index (χ2v) is 7.55. The van der Waals surface area contributed by atoms with Gasteiger partial charge in [0.05, 0.1) is 11.4 Å². The van der Waals surface area contributed by atoms with Gasteiger partial charge in [0, 0.05) is 24.4 Å². The molecule has 1 aromatic rings. The molecule has 0 aromatic carbocycles. The van der Waals surface area contributed by atoms with Crippen molar-refractivity contribution >= 4 is 9.84 Å². The maximum atomic E-state index is 11.6. The molecule has 0 amide bonds. The molecular weight excluding hydrogens is 290 g/mol. The van der Waals surface area contributed by atoms with E-state index >= 15 is 0 Å². The highest BCUT2D eigenvalue weighted by atomic mass is 32.2. The summed E-state index contributed by atoms with van der Waals surface area (Å²) < 4.78 is 29.1. The summed E-state index contributed by atoms with van der Waals surface area (Å²) in [4.78, 5) is 4.04. The fourth-order valence-electron chi connectivity index (χ4n) is 2.48. The van der Waals surface area contributed by atoms with E-state index < -0.39 is 9.84 Å². The van der Waals surface area contributed by atoms with E-state index in [2.05, 4.69) is 16.8 Å². The van der Waals surface area contributed by atoms with Crippen molar-refractivity contribution in [1.29, 1.82) is 0 Å². The van der Waals surface area contributed by atoms with Gasteiger partial charge in [-0.05, 0) is 25.3 Å². The number of aromatic nitrogens is 1. The van der Waals surface area contributed by atoms with Gasteiger partial charge >= 0.3 is 0 Å². The zero-order chi connectivity index (χ0) is 15.3. The summed E-state index contributed by atoms with van der Waals surface area (Å²) in [7, 11) is -3.02. The van der Waals surface area contributed by atoms with E-state index in [0.29, 0.717) is 24.2 Å². The molecule has 1 fully saturated rings. The van der Waals surface area contributed by atoms with Crippen LogP contribution < -0.4 is 4.74 Å². The molecule has 1 saturated carbocycles. The van der Waals surface area contributed by atoms with E-state index in [9.17, 15) is 8.42 Å². The number of sulfone groups is 1. The summed E-state index contributed by atoms with van der Waals surface area (Å²) in [6, 6.07) is 1.75. The Balaban J connectivity index is 2.04. The summed E-state index contributed by atoms with van der Waals surface area (Å²) in [6.45, 7) is -0.205. The Bertz CT molecular complexity index is 645. The third kappa shape index (κ3) is 4.73. The molecule has 0 radical (unpaired) electrons. The van der Waals surface area contributed by atoms with E-state index in [-0.39, 0.29) is 18.0 Å². The standard InChI is InChI=1S/C15H19NO4S/c1-21(18,19)15-6-2-5-13(9-15)20-14-8-12(4-3-7-17)10-16-11-14/h8,10-11,13,15,17H,2,5-7,9H2,1H3. The monoisotopic (exact) mass is 309 g/mol. The number of aliphatic hydroxyl groups excluding tert-OH is 1. The maximum Gasteiger partial charge on any atom is 0.150 e. The third-order valence-corrected chi connectivity index (χ3v) is 5.15. The first kappa shape index (κ1) is 15.8. The van der Waals surface area contributed by atoms with E-state index in [1.54, 1.807) is 18.5 Å². The fraction of sp³-hybridized carbons (Fsp3) is 0.533. The summed E-state index contributed by atoms with van der Waals surface area (Å²) in [5.41, 5.74) is 0.664. The van der Waals surface area contributed by atoms with Crippen LogP contribution in [0.4, 0.5) is 0 Å². The van der Waals surface area contributed by atoms with Crippen molar-refractivity contribution < 1.29 is 18.3 Å². The topological polar surface area (TPSA) is 76.5 Å². The lowest BCUT2D eigenvalue weighted by molar-refractivity contribution is 0.155. The van der Waals surface area contributed by atoms with Gasteiger partial charge in [0.2, 0.25) is 0 Å². The summed E-state index contributed by atoms with van der Waals surface area (Å²) in [5.74, 6) is 5.90. The smallest absolute Gasteiger partial charge is 0.150 e. The first-order valence-corrected chi connectivity index (χ1v) is 8.85. The fourth-order valence-corrected chi connectivity index (χ4v) is 3.64. The van der Waals surface area contributed by atoms with Crippen LogP contribution in [0.5, 0.6) is 5.75 Å². The molecule has 2 atom stereocenters. The normalized spacial score (nSPS) is 22.2. The van der Waals surface area contributed by atoms with E-state index in [1.165, 1.54) is 6.26 Å². The van der Waals surface area contributed by atoms with Crippen LogP contribution in [0.15, 0.2) is 18.5 Å². The van der Waals surface area contributed by atoms with Crippen LogP contribution in [-0.2, 0) is 9.84 Å². The molecule has 5 nitrogen and oxygen atoms in total. The van der Waals surface area contributed by atoms with Gasteiger partial charge in [-0.2, -0.15) is 0 Å². The Morgan fingerprint density at radius 2 is 2.24 bits per heavy atom. The van der Waals surface area contributed by atoms with Crippen LogP contribution >= 0.6 is 0 Å². The molecule has 1 aromatic heterocycles. The Morgan fingerprint density at radius 1 is 1.43 bits per heavy atom. The highest BCUT2D eigenvalue weighted by Gasteiger charge is 2.29. The highest BCUT2D eigenvalue weighted by Crippen LogP contribution is 2.27. The zero-order valence-electron chi connectivity index (χ0n) is 11.9. The average molecular weight is 309 g/mol. The minimum atomic E-state index is -3.02. The van der Waals surface area contributed by atoms with Crippen molar-refractivity contribution in [3.8, 4) is 17.6 Å². The van der Waals surface area contributed by atoms with Crippen molar-refractivity contribution in [3.05, 3.63) is 24.0 Å². The van der Waals surface area contributed by atoms with Crippen LogP contribution in [0.1, 0.15) is 31.2 Å². The molecule has 0 aliphatic heterocycles. The van der Waals surface area contributed by atoms with Crippen molar-refractivity contribution in [2.75, 3.05) is 12.9 Å². The number of nitrogens with zero attached hydrogens (tertiary/aromatic N) is 1. The Hall–Kier alpha value is -1.58. The number of pyridine rings is 1. The summed E-state index contributed by atoms with van der Waals surface area (Å²) >= 11 is 0. The first-order valence-electron chi connectivity index (χ1n) is 6.89. The van der Waals surface area contributed by atoms with E-state index in [4.69, 9.17) is 9.84 Å². The number of ether oxygens (including phenoxy) is 1. The molecule has 2 rings (SSSR count). The van der Waals surface area contributed by atoms with Gasteiger partial charge in [0.25, 0.3) is 0 Å². The molecule has 2 unspecified atom stereocenters. The van der Waals surface area contributed by atoms with Gasteiger partial charge in [0.1, 0.15) is 28.3 Å². The lowest BCUT2D eigenvalue weighted by atomic mass is 9.97. The largest absolute Gasteiger partial charge is 0.489 e. The van der Waals surface area contributed by atoms with Crippen molar-refractivity contribution in [2.45, 2.75) is 37.0 Å². The quantitative estimate of drug-likeness (QED) is 0.848. The number of hydrogen-bond acceptors (Lipinski definition) is 5. The van der Waals surface area contributed by atoms with Gasteiger partial charge < -0.3 is 9.84 Å². The molecule has 1 heterocycles.